The molecule has 0 saturated heterocycles. The van der Waals surface area contributed by atoms with Crippen molar-refractivity contribution in [3.63, 3.8) is 0 Å². The molecule has 2 N–H and O–H groups in total. The molecule has 2 nitrogen and oxygen atoms in total. The zero-order valence-electron chi connectivity index (χ0n) is 12.1. The van der Waals surface area contributed by atoms with Crippen LogP contribution in [0.25, 0.3) is 0 Å². The fourth-order valence-electron chi connectivity index (χ4n) is 1.93. The average molecular weight is 334 g/mol. The predicted molar refractivity (Wildman–Crippen MR) is 87.3 cm³/mol. The summed E-state index contributed by atoms with van der Waals surface area (Å²) < 4.78 is 6.81. The second-order valence-electron chi connectivity index (χ2n) is 5.30. The summed E-state index contributed by atoms with van der Waals surface area (Å²) in [7, 11) is 0. The maximum atomic E-state index is 5.89. The van der Waals surface area contributed by atoms with Crippen LogP contribution < -0.4 is 10.5 Å². The Kier molecular flexibility index (Phi) is 4.84. The summed E-state index contributed by atoms with van der Waals surface area (Å²) >= 11 is 3.53. The lowest BCUT2D eigenvalue weighted by molar-refractivity contribution is 0.479. The monoisotopic (exact) mass is 333 g/mol. The topological polar surface area (TPSA) is 35.2 Å². The maximum absolute atomic E-state index is 5.89. The molecular formula is C17H20BrNO. The van der Waals surface area contributed by atoms with Crippen molar-refractivity contribution in [2.45, 2.75) is 32.7 Å². The highest BCUT2D eigenvalue weighted by molar-refractivity contribution is 9.10. The fourth-order valence-corrected chi connectivity index (χ4v) is 2.41. The summed E-state index contributed by atoms with van der Waals surface area (Å²) in [5.74, 6) is 2.16. The first kappa shape index (κ1) is 15.1. The Bertz CT molecular complexity index is 576. The molecule has 0 aliphatic heterocycles. The van der Waals surface area contributed by atoms with Crippen LogP contribution in [0.15, 0.2) is 46.9 Å². The van der Waals surface area contributed by atoms with E-state index < -0.39 is 0 Å². The summed E-state index contributed by atoms with van der Waals surface area (Å²) in [6.07, 6.45) is 0. The Morgan fingerprint density at radius 1 is 0.950 bits per heavy atom. The van der Waals surface area contributed by atoms with Crippen LogP contribution >= 0.6 is 15.9 Å². The molecule has 0 radical (unpaired) electrons. The molecule has 1 atom stereocenters. The van der Waals surface area contributed by atoms with E-state index in [0.29, 0.717) is 5.92 Å². The van der Waals surface area contributed by atoms with Gasteiger partial charge in [-0.15, -0.1) is 0 Å². The normalized spacial score (nSPS) is 12.5. The Hall–Kier alpha value is -1.32. The molecule has 0 aliphatic rings. The van der Waals surface area contributed by atoms with E-state index in [4.69, 9.17) is 10.5 Å². The van der Waals surface area contributed by atoms with Crippen molar-refractivity contribution in [1.82, 2.24) is 0 Å². The number of halogens is 1. The molecule has 0 bridgehead atoms. The van der Waals surface area contributed by atoms with Gasteiger partial charge in [0.25, 0.3) is 0 Å². The first-order chi connectivity index (χ1) is 9.47. The summed E-state index contributed by atoms with van der Waals surface area (Å²) in [4.78, 5) is 0. The quantitative estimate of drug-likeness (QED) is 0.814. The first-order valence-corrected chi connectivity index (χ1v) is 7.59. The molecule has 0 aliphatic carbocycles. The predicted octanol–water partition coefficient (Wildman–Crippen LogP) is 5.38. The van der Waals surface area contributed by atoms with Gasteiger partial charge in [-0.25, -0.2) is 0 Å². The van der Waals surface area contributed by atoms with Crippen LogP contribution in [-0.4, -0.2) is 0 Å². The SMILES string of the molecule is CC(C)c1ccc(Oc2ccc([C@H](C)N)cc2Br)cc1. The Balaban J connectivity index is 2.17. The van der Waals surface area contributed by atoms with Crippen LogP contribution in [0.2, 0.25) is 0 Å². The van der Waals surface area contributed by atoms with Crippen molar-refractivity contribution < 1.29 is 4.74 Å². The van der Waals surface area contributed by atoms with Gasteiger partial charge in [-0.1, -0.05) is 32.0 Å². The van der Waals surface area contributed by atoms with Crippen LogP contribution in [0.5, 0.6) is 11.5 Å². The molecule has 0 aromatic heterocycles. The third-order valence-electron chi connectivity index (χ3n) is 3.26. The van der Waals surface area contributed by atoms with Gasteiger partial charge in [0, 0.05) is 6.04 Å². The van der Waals surface area contributed by atoms with Crippen molar-refractivity contribution in [3.05, 3.63) is 58.1 Å². The average Bonchev–Trinajstić information content (AvgIpc) is 2.41. The van der Waals surface area contributed by atoms with Gasteiger partial charge < -0.3 is 10.5 Å². The Morgan fingerprint density at radius 2 is 1.55 bits per heavy atom. The molecule has 106 valence electrons. The second-order valence-corrected chi connectivity index (χ2v) is 6.16. The molecular weight excluding hydrogens is 314 g/mol. The molecule has 0 saturated carbocycles. The minimum Gasteiger partial charge on any atom is -0.456 e. The van der Waals surface area contributed by atoms with E-state index in [1.165, 1.54) is 5.56 Å². The number of rotatable bonds is 4. The summed E-state index contributed by atoms with van der Waals surface area (Å²) in [6.45, 7) is 6.32. The van der Waals surface area contributed by atoms with Crippen LogP contribution in [-0.2, 0) is 0 Å². The number of hydrogen-bond donors (Lipinski definition) is 1. The molecule has 0 spiro atoms. The third kappa shape index (κ3) is 3.62. The van der Waals surface area contributed by atoms with Gasteiger partial charge in [0.05, 0.1) is 4.47 Å². The van der Waals surface area contributed by atoms with Gasteiger partial charge in [-0.2, -0.15) is 0 Å². The van der Waals surface area contributed by atoms with E-state index in [1.54, 1.807) is 0 Å². The summed E-state index contributed by atoms with van der Waals surface area (Å²) in [5, 5.41) is 0. The maximum Gasteiger partial charge on any atom is 0.141 e. The highest BCUT2D eigenvalue weighted by atomic mass is 79.9. The molecule has 0 unspecified atom stereocenters. The van der Waals surface area contributed by atoms with E-state index in [-0.39, 0.29) is 6.04 Å². The highest BCUT2D eigenvalue weighted by Gasteiger charge is 2.07. The standard InChI is InChI=1S/C17H20BrNO/c1-11(2)13-4-7-15(8-5-13)20-17-9-6-14(12(3)19)10-16(17)18/h4-12H,19H2,1-3H3/t12-/m0/s1. The molecule has 0 fully saturated rings. The molecule has 2 aromatic rings. The van der Waals surface area contributed by atoms with Gasteiger partial charge in [0.2, 0.25) is 0 Å². The van der Waals surface area contributed by atoms with E-state index >= 15 is 0 Å². The fraction of sp³-hybridized carbons (Fsp3) is 0.294. The third-order valence-corrected chi connectivity index (χ3v) is 3.88. The summed E-state index contributed by atoms with van der Waals surface area (Å²) in [5.41, 5.74) is 8.26. The van der Waals surface area contributed by atoms with Crippen LogP contribution in [0, 0.1) is 0 Å². The lowest BCUT2D eigenvalue weighted by Crippen LogP contribution is -2.04. The van der Waals surface area contributed by atoms with Crippen LogP contribution in [0.3, 0.4) is 0 Å². The Morgan fingerprint density at radius 3 is 2.05 bits per heavy atom. The van der Waals surface area contributed by atoms with Gasteiger partial charge in [0.1, 0.15) is 11.5 Å². The number of nitrogens with two attached hydrogens (primary N) is 1. The molecule has 0 amide bonds. The van der Waals surface area contributed by atoms with Crippen LogP contribution in [0.1, 0.15) is 43.9 Å². The van der Waals surface area contributed by atoms with Crippen LogP contribution in [0.4, 0.5) is 0 Å². The van der Waals surface area contributed by atoms with Crippen molar-refractivity contribution in [3.8, 4) is 11.5 Å². The minimum atomic E-state index is 0.0191. The highest BCUT2D eigenvalue weighted by Crippen LogP contribution is 2.32. The molecule has 2 rings (SSSR count). The minimum absolute atomic E-state index is 0.0191. The van der Waals surface area contributed by atoms with Gasteiger partial charge in [-0.3, -0.25) is 0 Å². The lowest BCUT2D eigenvalue weighted by Gasteiger charge is -2.12. The largest absolute Gasteiger partial charge is 0.456 e. The van der Waals surface area contributed by atoms with E-state index in [2.05, 4.69) is 41.9 Å². The van der Waals surface area contributed by atoms with E-state index in [1.807, 2.05) is 37.3 Å². The zero-order chi connectivity index (χ0) is 14.7. The van der Waals surface area contributed by atoms with Crippen molar-refractivity contribution in [2.75, 3.05) is 0 Å². The number of benzene rings is 2. The van der Waals surface area contributed by atoms with Gasteiger partial charge in [-0.05, 0) is 64.2 Å². The second kappa shape index (κ2) is 6.42. The number of ether oxygens (including phenoxy) is 1. The van der Waals surface area contributed by atoms with Crippen molar-refractivity contribution in [2.24, 2.45) is 5.73 Å². The number of hydrogen-bond acceptors (Lipinski definition) is 2. The van der Waals surface area contributed by atoms with E-state index in [0.717, 1.165) is 21.5 Å². The zero-order valence-corrected chi connectivity index (χ0v) is 13.6. The van der Waals surface area contributed by atoms with Gasteiger partial charge >= 0.3 is 0 Å². The first-order valence-electron chi connectivity index (χ1n) is 6.80. The molecule has 20 heavy (non-hydrogen) atoms. The molecule has 2 aromatic carbocycles. The van der Waals surface area contributed by atoms with Gasteiger partial charge in [0.15, 0.2) is 0 Å². The van der Waals surface area contributed by atoms with Crippen molar-refractivity contribution in [1.29, 1.82) is 0 Å². The summed E-state index contributed by atoms with van der Waals surface area (Å²) in [6, 6.07) is 14.2. The van der Waals surface area contributed by atoms with E-state index in [9.17, 15) is 0 Å². The van der Waals surface area contributed by atoms with Crippen molar-refractivity contribution >= 4 is 15.9 Å². The Labute approximate surface area is 129 Å². The lowest BCUT2D eigenvalue weighted by atomic mass is 10.0. The molecule has 3 heteroatoms. The smallest absolute Gasteiger partial charge is 0.141 e. The molecule has 0 heterocycles.